The topological polar surface area (TPSA) is 36.1 Å². The van der Waals surface area contributed by atoms with Crippen LogP contribution >= 0.6 is 27.5 Å². The molecular formula is C14H12BrClN2O. The number of aromatic amines is 1. The third-order valence-corrected chi connectivity index (χ3v) is 4.10. The Hall–Kier alpha value is -1.26. The van der Waals surface area contributed by atoms with Gasteiger partial charge in [0.25, 0.3) is 5.91 Å². The standard InChI is InChI=1S/C14H12BrClN2O/c15-13-7-9-8-18(6-5-12(9)17-13)14(19)10-3-1-2-4-11(10)16/h1-4,7,17H,5-6,8H2. The second kappa shape index (κ2) is 5.02. The first-order valence-corrected chi connectivity index (χ1v) is 7.22. The summed E-state index contributed by atoms with van der Waals surface area (Å²) in [4.78, 5) is 17.6. The van der Waals surface area contributed by atoms with Crippen molar-refractivity contribution in [2.75, 3.05) is 6.54 Å². The molecule has 19 heavy (non-hydrogen) atoms. The van der Waals surface area contributed by atoms with Gasteiger partial charge in [0.05, 0.1) is 15.2 Å². The fraction of sp³-hybridized carbons (Fsp3) is 0.214. The van der Waals surface area contributed by atoms with Crippen LogP contribution in [0.1, 0.15) is 21.6 Å². The van der Waals surface area contributed by atoms with Crippen molar-refractivity contribution >= 4 is 33.4 Å². The second-order valence-electron chi connectivity index (χ2n) is 4.58. The Balaban J connectivity index is 1.85. The van der Waals surface area contributed by atoms with Crippen molar-refractivity contribution in [1.82, 2.24) is 9.88 Å². The number of fused-ring (bicyclic) bond motifs is 1. The fourth-order valence-electron chi connectivity index (χ4n) is 2.37. The maximum atomic E-state index is 12.5. The van der Waals surface area contributed by atoms with Crippen LogP contribution in [-0.2, 0) is 13.0 Å². The molecule has 1 amide bonds. The van der Waals surface area contributed by atoms with Crippen molar-refractivity contribution in [1.29, 1.82) is 0 Å². The lowest BCUT2D eigenvalue weighted by Gasteiger charge is -2.27. The van der Waals surface area contributed by atoms with E-state index >= 15 is 0 Å². The number of hydrogen-bond donors (Lipinski definition) is 1. The van der Waals surface area contributed by atoms with Crippen LogP contribution in [0.3, 0.4) is 0 Å². The van der Waals surface area contributed by atoms with Crippen LogP contribution in [-0.4, -0.2) is 22.3 Å². The van der Waals surface area contributed by atoms with Gasteiger partial charge in [0.2, 0.25) is 0 Å². The van der Waals surface area contributed by atoms with Gasteiger partial charge in [0.1, 0.15) is 0 Å². The number of aromatic nitrogens is 1. The van der Waals surface area contributed by atoms with Gasteiger partial charge in [-0.1, -0.05) is 23.7 Å². The quantitative estimate of drug-likeness (QED) is 0.846. The minimum atomic E-state index is -0.00595. The number of hydrogen-bond acceptors (Lipinski definition) is 1. The zero-order valence-electron chi connectivity index (χ0n) is 10.1. The number of nitrogens with one attached hydrogen (secondary N) is 1. The summed E-state index contributed by atoms with van der Waals surface area (Å²) in [6, 6.07) is 9.21. The summed E-state index contributed by atoms with van der Waals surface area (Å²) in [6.45, 7) is 1.34. The van der Waals surface area contributed by atoms with Crippen LogP contribution in [0.25, 0.3) is 0 Å². The molecule has 1 N–H and O–H groups in total. The molecule has 5 heteroatoms. The highest BCUT2D eigenvalue weighted by atomic mass is 79.9. The average molecular weight is 340 g/mol. The molecule has 1 aromatic carbocycles. The predicted molar refractivity (Wildman–Crippen MR) is 78.4 cm³/mol. The number of carbonyl (C=O) groups is 1. The van der Waals surface area contributed by atoms with Crippen LogP contribution in [0.4, 0.5) is 0 Å². The number of carbonyl (C=O) groups excluding carboxylic acids is 1. The number of rotatable bonds is 1. The minimum Gasteiger partial charge on any atom is -0.353 e. The van der Waals surface area contributed by atoms with Crippen molar-refractivity contribution in [2.45, 2.75) is 13.0 Å². The molecular weight excluding hydrogens is 328 g/mol. The lowest BCUT2D eigenvalue weighted by atomic mass is 10.1. The molecule has 0 spiro atoms. The SMILES string of the molecule is O=C(c1ccccc1Cl)N1CCc2[nH]c(Br)cc2C1. The molecule has 1 aliphatic heterocycles. The van der Waals surface area contributed by atoms with Gasteiger partial charge < -0.3 is 9.88 Å². The van der Waals surface area contributed by atoms with Crippen LogP contribution in [0.15, 0.2) is 34.9 Å². The first-order valence-electron chi connectivity index (χ1n) is 6.05. The molecule has 0 radical (unpaired) electrons. The Morgan fingerprint density at radius 1 is 1.37 bits per heavy atom. The van der Waals surface area contributed by atoms with Crippen LogP contribution in [0.2, 0.25) is 5.02 Å². The average Bonchev–Trinajstić information content (AvgIpc) is 2.77. The van der Waals surface area contributed by atoms with Crippen molar-refractivity contribution in [2.24, 2.45) is 0 Å². The molecule has 3 nitrogen and oxygen atoms in total. The van der Waals surface area contributed by atoms with Gasteiger partial charge >= 0.3 is 0 Å². The minimum absolute atomic E-state index is 0.00595. The monoisotopic (exact) mass is 338 g/mol. The van der Waals surface area contributed by atoms with E-state index < -0.39 is 0 Å². The predicted octanol–water partition coefficient (Wildman–Crippen LogP) is 3.63. The molecule has 1 aliphatic rings. The Morgan fingerprint density at radius 3 is 2.95 bits per heavy atom. The van der Waals surface area contributed by atoms with Crippen molar-refractivity contribution in [3.05, 3.63) is 56.8 Å². The molecule has 0 saturated carbocycles. The first kappa shape index (κ1) is 12.8. The highest BCUT2D eigenvalue weighted by Crippen LogP contribution is 2.25. The second-order valence-corrected chi connectivity index (χ2v) is 5.84. The molecule has 0 bridgehead atoms. The Bertz CT molecular complexity index is 638. The number of benzene rings is 1. The number of amides is 1. The highest BCUT2D eigenvalue weighted by molar-refractivity contribution is 9.10. The Morgan fingerprint density at radius 2 is 2.16 bits per heavy atom. The molecule has 0 fully saturated rings. The van der Waals surface area contributed by atoms with Crippen LogP contribution in [0, 0.1) is 0 Å². The van der Waals surface area contributed by atoms with Gasteiger partial charge in [-0.05, 0) is 39.7 Å². The molecule has 2 aromatic rings. The maximum Gasteiger partial charge on any atom is 0.255 e. The number of H-pyrrole nitrogens is 1. The summed E-state index contributed by atoms with van der Waals surface area (Å²) in [5.41, 5.74) is 2.94. The van der Waals surface area contributed by atoms with E-state index in [0.717, 1.165) is 11.0 Å². The van der Waals surface area contributed by atoms with Crippen molar-refractivity contribution in [3.63, 3.8) is 0 Å². The van der Waals surface area contributed by atoms with E-state index in [0.29, 0.717) is 23.7 Å². The van der Waals surface area contributed by atoms with E-state index in [1.807, 2.05) is 23.1 Å². The summed E-state index contributed by atoms with van der Waals surface area (Å²) < 4.78 is 0.963. The van der Waals surface area contributed by atoms with Crippen LogP contribution < -0.4 is 0 Å². The van der Waals surface area contributed by atoms with E-state index in [4.69, 9.17) is 11.6 Å². The van der Waals surface area contributed by atoms with Crippen molar-refractivity contribution < 1.29 is 4.79 Å². The maximum absolute atomic E-state index is 12.5. The Kier molecular flexibility index (Phi) is 3.37. The van der Waals surface area contributed by atoms with E-state index in [-0.39, 0.29) is 5.91 Å². The van der Waals surface area contributed by atoms with E-state index in [1.165, 1.54) is 11.3 Å². The third kappa shape index (κ3) is 2.42. The van der Waals surface area contributed by atoms with Gasteiger partial charge in [0.15, 0.2) is 0 Å². The zero-order chi connectivity index (χ0) is 13.4. The largest absolute Gasteiger partial charge is 0.353 e. The zero-order valence-corrected chi connectivity index (χ0v) is 12.5. The van der Waals surface area contributed by atoms with Gasteiger partial charge in [0, 0.05) is 25.2 Å². The first-order chi connectivity index (χ1) is 9.15. The summed E-state index contributed by atoms with van der Waals surface area (Å²) in [7, 11) is 0. The summed E-state index contributed by atoms with van der Waals surface area (Å²) in [6.07, 6.45) is 0.844. The fourth-order valence-corrected chi connectivity index (χ4v) is 3.11. The molecule has 3 rings (SSSR count). The highest BCUT2D eigenvalue weighted by Gasteiger charge is 2.24. The summed E-state index contributed by atoms with van der Waals surface area (Å²) in [5.74, 6) is -0.00595. The smallest absolute Gasteiger partial charge is 0.255 e. The van der Waals surface area contributed by atoms with Gasteiger partial charge in [-0.3, -0.25) is 4.79 Å². The van der Waals surface area contributed by atoms with Crippen molar-refractivity contribution in [3.8, 4) is 0 Å². The van der Waals surface area contributed by atoms with Gasteiger partial charge in [-0.2, -0.15) is 0 Å². The van der Waals surface area contributed by atoms with E-state index in [1.54, 1.807) is 12.1 Å². The molecule has 98 valence electrons. The number of nitrogens with zero attached hydrogens (tertiary/aromatic N) is 1. The molecule has 0 atom stereocenters. The Labute approximate surface area is 124 Å². The lowest BCUT2D eigenvalue weighted by molar-refractivity contribution is 0.0734. The normalized spacial score (nSPS) is 14.3. The van der Waals surface area contributed by atoms with E-state index in [2.05, 4.69) is 20.9 Å². The molecule has 0 aliphatic carbocycles. The van der Waals surface area contributed by atoms with Gasteiger partial charge in [-0.15, -0.1) is 0 Å². The molecule has 0 unspecified atom stereocenters. The number of halogens is 2. The molecule has 0 saturated heterocycles. The van der Waals surface area contributed by atoms with E-state index in [9.17, 15) is 4.79 Å². The van der Waals surface area contributed by atoms with Crippen LogP contribution in [0.5, 0.6) is 0 Å². The van der Waals surface area contributed by atoms with Gasteiger partial charge in [-0.25, -0.2) is 0 Å². The summed E-state index contributed by atoms with van der Waals surface area (Å²) in [5, 5.41) is 0.508. The molecule has 1 aromatic heterocycles. The lowest BCUT2D eigenvalue weighted by Crippen LogP contribution is -2.35. The molecule has 2 heterocycles. The third-order valence-electron chi connectivity index (χ3n) is 3.34. The summed E-state index contributed by atoms with van der Waals surface area (Å²) >= 11 is 9.51.